The van der Waals surface area contributed by atoms with Gasteiger partial charge in [-0.25, -0.2) is 13.2 Å². The Morgan fingerprint density at radius 1 is 1.23 bits per heavy atom. The first-order chi connectivity index (χ1) is 11.7. The second-order valence-electron chi connectivity index (χ2n) is 6.40. The molecule has 0 fully saturated rings. The fraction of sp³-hybridized carbons (Fsp3) is 0.312. The summed E-state index contributed by atoms with van der Waals surface area (Å²) in [6, 6.07) is 4.13. The number of hydrogen-bond acceptors (Lipinski definition) is 5. The highest BCUT2D eigenvalue weighted by Crippen LogP contribution is 2.32. The standard InChI is InChI=1S/C16H16F3NO5S/c1-15(2,3)25-14(22)20-9-10(7-8-26(23,24)16(17,18)19)13-11(20)5-4-6-12(13)21/h4-9,21H,1-3H3/b8-7+. The van der Waals surface area contributed by atoms with Crippen molar-refractivity contribution in [2.75, 3.05) is 0 Å². The fourth-order valence-electron chi connectivity index (χ4n) is 2.13. The topological polar surface area (TPSA) is 85.6 Å². The lowest BCUT2D eigenvalue weighted by Gasteiger charge is -2.19. The SMILES string of the molecule is CC(C)(C)OC(=O)n1cc(/C=C/S(=O)(=O)C(F)(F)F)c2c(O)cccc21. The molecule has 2 rings (SSSR count). The third kappa shape index (κ3) is 4.01. The number of ether oxygens (including phenoxy) is 1. The van der Waals surface area contributed by atoms with Crippen molar-refractivity contribution in [2.24, 2.45) is 0 Å². The first kappa shape index (κ1) is 19.8. The van der Waals surface area contributed by atoms with E-state index in [9.17, 15) is 31.5 Å². The molecule has 6 nitrogen and oxygen atoms in total. The number of fused-ring (bicyclic) bond motifs is 1. The Morgan fingerprint density at radius 3 is 2.38 bits per heavy atom. The number of carbonyl (C=O) groups excluding carboxylic acids is 1. The molecule has 0 aliphatic rings. The molecule has 1 aromatic carbocycles. The second-order valence-corrected chi connectivity index (χ2v) is 8.22. The van der Waals surface area contributed by atoms with Crippen LogP contribution in [0.4, 0.5) is 18.0 Å². The molecular formula is C16H16F3NO5S. The number of phenolic OH excluding ortho intramolecular Hbond substituents is 1. The van der Waals surface area contributed by atoms with E-state index in [1.165, 1.54) is 18.2 Å². The second kappa shape index (κ2) is 6.35. The zero-order chi connectivity index (χ0) is 19.9. The van der Waals surface area contributed by atoms with Crippen LogP contribution in [0.3, 0.4) is 0 Å². The van der Waals surface area contributed by atoms with Gasteiger partial charge in [-0.2, -0.15) is 13.2 Å². The fourth-order valence-corrected chi connectivity index (χ4v) is 2.61. The van der Waals surface area contributed by atoms with Crippen LogP contribution in [-0.4, -0.2) is 35.3 Å². The number of sulfone groups is 1. The monoisotopic (exact) mass is 391 g/mol. The van der Waals surface area contributed by atoms with Gasteiger partial charge in [0.15, 0.2) is 0 Å². The molecule has 1 heterocycles. The third-order valence-corrected chi connectivity index (χ3v) is 4.32. The minimum absolute atomic E-state index is 0.0202. The highest BCUT2D eigenvalue weighted by molar-refractivity contribution is 7.95. The first-order valence-electron chi connectivity index (χ1n) is 7.29. The normalized spacial score (nSPS) is 13.5. The third-order valence-electron chi connectivity index (χ3n) is 3.18. The molecule has 0 amide bonds. The lowest BCUT2D eigenvalue weighted by molar-refractivity contribution is -0.0423. The minimum atomic E-state index is -5.50. The number of carbonyl (C=O) groups is 1. The maximum absolute atomic E-state index is 12.5. The van der Waals surface area contributed by atoms with E-state index in [-0.39, 0.29) is 27.6 Å². The van der Waals surface area contributed by atoms with Crippen LogP contribution in [-0.2, 0) is 14.6 Å². The zero-order valence-corrected chi connectivity index (χ0v) is 14.9. The van der Waals surface area contributed by atoms with Gasteiger partial charge < -0.3 is 9.84 Å². The Balaban J connectivity index is 2.60. The molecule has 2 aromatic rings. The van der Waals surface area contributed by atoms with Crippen LogP contribution < -0.4 is 0 Å². The molecule has 0 saturated carbocycles. The Hall–Kier alpha value is -2.49. The van der Waals surface area contributed by atoms with E-state index in [4.69, 9.17) is 4.74 Å². The predicted molar refractivity (Wildman–Crippen MR) is 89.2 cm³/mol. The van der Waals surface area contributed by atoms with E-state index in [2.05, 4.69) is 0 Å². The van der Waals surface area contributed by atoms with Crippen molar-refractivity contribution in [3.05, 3.63) is 35.4 Å². The summed E-state index contributed by atoms with van der Waals surface area (Å²) in [6.07, 6.45) is 0.943. The van der Waals surface area contributed by atoms with Gasteiger partial charge in [0.05, 0.1) is 5.52 Å². The highest BCUT2D eigenvalue weighted by Gasteiger charge is 2.43. The summed E-state index contributed by atoms with van der Waals surface area (Å²) < 4.78 is 66.0. The molecule has 26 heavy (non-hydrogen) atoms. The molecule has 142 valence electrons. The van der Waals surface area contributed by atoms with Gasteiger partial charge in [-0.1, -0.05) is 6.07 Å². The molecule has 0 radical (unpaired) electrons. The quantitative estimate of drug-likeness (QED) is 0.835. The van der Waals surface area contributed by atoms with Gasteiger partial charge in [0.1, 0.15) is 11.4 Å². The van der Waals surface area contributed by atoms with Crippen molar-refractivity contribution >= 4 is 32.9 Å². The molecule has 1 aromatic heterocycles. The van der Waals surface area contributed by atoms with Gasteiger partial charge >= 0.3 is 11.6 Å². The van der Waals surface area contributed by atoms with E-state index in [1.807, 2.05) is 0 Å². The number of alkyl halides is 3. The molecule has 0 spiro atoms. The molecule has 0 atom stereocenters. The van der Waals surface area contributed by atoms with E-state index < -0.39 is 27.0 Å². The van der Waals surface area contributed by atoms with E-state index >= 15 is 0 Å². The lowest BCUT2D eigenvalue weighted by atomic mass is 10.1. The molecule has 0 unspecified atom stereocenters. The first-order valence-corrected chi connectivity index (χ1v) is 8.83. The highest BCUT2D eigenvalue weighted by atomic mass is 32.2. The summed E-state index contributed by atoms with van der Waals surface area (Å²) >= 11 is 0. The number of rotatable bonds is 2. The van der Waals surface area contributed by atoms with Gasteiger partial charge in [-0.3, -0.25) is 4.57 Å². The summed E-state index contributed by atoms with van der Waals surface area (Å²) in [5, 5.41) is 10.00. The number of aromatic nitrogens is 1. The van der Waals surface area contributed by atoms with Crippen molar-refractivity contribution in [3.8, 4) is 5.75 Å². The summed E-state index contributed by atoms with van der Waals surface area (Å²) in [7, 11) is -5.50. The Labute approximate surface area is 147 Å². The Kier molecular flexibility index (Phi) is 4.84. The average Bonchev–Trinajstić information content (AvgIpc) is 2.82. The van der Waals surface area contributed by atoms with Crippen molar-refractivity contribution in [3.63, 3.8) is 0 Å². The van der Waals surface area contributed by atoms with Crippen LogP contribution in [0.2, 0.25) is 0 Å². The van der Waals surface area contributed by atoms with Gasteiger partial charge in [0.25, 0.3) is 9.84 Å². The van der Waals surface area contributed by atoms with E-state index in [0.29, 0.717) is 6.08 Å². The van der Waals surface area contributed by atoms with Crippen LogP contribution in [0.25, 0.3) is 17.0 Å². The van der Waals surface area contributed by atoms with E-state index in [1.54, 1.807) is 20.8 Å². The van der Waals surface area contributed by atoms with Crippen LogP contribution in [0.1, 0.15) is 26.3 Å². The number of nitrogens with zero attached hydrogens (tertiary/aromatic N) is 1. The zero-order valence-electron chi connectivity index (χ0n) is 14.0. The lowest BCUT2D eigenvalue weighted by Crippen LogP contribution is -2.26. The summed E-state index contributed by atoms with van der Waals surface area (Å²) in [6.45, 7) is 4.89. The molecule has 0 aliphatic heterocycles. The van der Waals surface area contributed by atoms with Crippen molar-refractivity contribution in [2.45, 2.75) is 31.9 Å². The predicted octanol–water partition coefficient (Wildman–Crippen LogP) is 4.04. The van der Waals surface area contributed by atoms with Gasteiger partial charge in [-0.05, 0) is 39.0 Å². The van der Waals surface area contributed by atoms with Crippen LogP contribution >= 0.6 is 0 Å². The van der Waals surface area contributed by atoms with Crippen LogP contribution in [0.5, 0.6) is 5.75 Å². The van der Waals surface area contributed by atoms with Gasteiger partial charge in [0.2, 0.25) is 0 Å². The number of halogens is 3. The Bertz CT molecular complexity index is 982. The summed E-state index contributed by atoms with van der Waals surface area (Å²) in [5.74, 6) is -0.325. The number of aromatic hydroxyl groups is 1. The smallest absolute Gasteiger partial charge is 0.501 e. The molecule has 10 heteroatoms. The van der Waals surface area contributed by atoms with Crippen molar-refractivity contribution < 1.29 is 36.2 Å². The molecule has 0 aliphatic carbocycles. The number of benzene rings is 1. The van der Waals surface area contributed by atoms with Crippen molar-refractivity contribution in [1.29, 1.82) is 0 Å². The average molecular weight is 391 g/mol. The summed E-state index contributed by atoms with van der Waals surface area (Å²) in [5.41, 5.74) is -6.21. The summed E-state index contributed by atoms with van der Waals surface area (Å²) in [4.78, 5) is 12.3. The minimum Gasteiger partial charge on any atom is -0.507 e. The van der Waals surface area contributed by atoms with Gasteiger partial charge in [-0.15, -0.1) is 0 Å². The van der Waals surface area contributed by atoms with Crippen LogP contribution in [0, 0.1) is 0 Å². The molecule has 0 saturated heterocycles. The number of phenols is 1. The molecule has 1 N–H and O–H groups in total. The maximum atomic E-state index is 12.5. The Morgan fingerprint density at radius 2 is 1.85 bits per heavy atom. The van der Waals surface area contributed by atoms with Crippen LogP contribution in [0.15, 0.2) is 29.8 Å². The van der Waals surface area contributed by atoms with Crippen molar-refractivity contribution in [1.82, 2.24) is 4.57 Å². The molecular weight excluding hydrogens is 375 g/mol. The number of hydrogen-bond donors (Lipinski definition) is 1. The maximum Gasteiger partial charge on any atom is 0.501 e. The van der Waals surface area contributed by atoms with Gasteiger partial charge in [0, 0.05) is 22.6 Å². The largest absolute Gasteiger partial charge is 0.507 e. The van der Waals surface area contributed by atoms with E-state index in [0.717, 1.165) is 10.8 Å². The molecule has 0 bridgehead atoms.